The van der Waals surface area contributed by atoms with Crippen LogP contribution in [0.2, 0.25) is 0 Å². The van der Waals surface area contributed by atoms with Gasteiger partial charge in [0, 0.05) is 36.7 Å². The number of aromatic nitrogens is 1. The first-order valence-electron chi connectivity index (χ1n) is 8.85. The molecule has 0 spiro atoms. The van der Waals surface area contributed by atoms with Gasteiger partial charge in [-0.2, -0.15) is 0 Å². The van der Waals surface area contributed by atoms with E-state index in [1.165, 1.54) is 0 Å². The number of carbonyl (C=O) groups excluding carboxylic acids is 1. The summed E-state index contributed by atoms with van der Waals surface area (Å²) in [5, 5.41) is 1.06. The van der Waals surface area contributed by atoms with Crippen molar-refractivity contribution in [2.24, 2.45) is 5.92 Å². The van der Waals surface area contributed by atoms with E-state index in [2.05, 4.69) is 4.98 Å². The third kappa shape index (κ3) is 3.57. The summed E-state index contributed by atoms with van der Waals surface area (Å²) in [5.74, 6) is 0.465. The molecule has 4 rings (SSSR count). The molecule has 0 atom stereocenters. The molecule has 2 saturated heterocycles. The van der Waals surface area contributed by atoms with Gasteiger partial charge < -0.3 is 14.4 Å². The Balaban J connectivity index is 1.39. The van der Waals surface area contributed by atoms with Gasteiger partial charge in [0.1, 0.15) is 0 Å². The molecule has 5 heteroatoms. The molecule has 0 unspecified atom stereocenters. The number of likely N-dealkylation sites (tertiary alicyclic amines) is 1. The lowest BCUT2D eigenvalue weighted by molar-refractivity contribution is -0.131. The van der Waals surface area contributed by atoms with Crippen LogP contribution >= 0.6 is 0 Å². The fourth-order valence-electron chi connectivity index (χ4n) is 3.57. The Bertz CT molecular complexity index is 770. The Morgan fingerprint density at radius 1 is 1.12 bits per heavy atom. The number of hydrogen-bond donors (Lipinski definition) is 0. The fourth-order valence-corrected chi connectivity index (χ4v) is 3.57. The van der Waals surface area contributed by atoms with Gasteiger partial charge in [0.2, 0.25) is 5.91 Å². The number of benzene rings is 1. The Hall–Kier alpha value is -2.24. The molecule has 2 aliphatic rings. The number of carbonyl (C=O) groups is 1. The number of hydrogen-bond acceptors (Lipinski definition) is 4. The molecule has 2 fully saturated rings. The first kappa shape index (κ1) is 16.2. The maximum atomic E-state index is 12.5. The number of nitrogens with zero attached hydrogens (tertiary/aromatic N) is 2. The van der Waals surface area contributed by atoms with Gasteiger partial charge in [0.25, 0.3) is 0 Å². The highest BCUT2D eigenvalue weighted by Gasteiger charge is 2.31. The van der Waals surface area contributed by atoms with Gasteiger partial charge in [-0.25, -0.2) is 0 Å². The minimum atomic E-state index is -0.0732. The highest BCUT2D eigenvalue weighted by Crippen LogP contribution is 2.26. The molecule has 1 aromatic heterocycles. The SMILES string of the molecule is O=C(/C=C/c1ccnc2ccccc12)N1CCC(C2OCCO2)CC1. The van der Waals surface area contributed by atoms with Crippen molar-refractivity contribution in [1.82, 2.24) is 9.88 Å². The third-order valence-corrected chi connectivity index (χ3v) is 4.97. The molecule has 130 valence electrons. The second kappa shape index (κ2) is 7.33. The van der Waals surface area contributed by atoms with Crippen molar-refractivity contribution in [3.63, 3.8) is 0 Å². The predicted octanol–water partition coefficient (Wildman–Crippen LogP) is 2.86. The first-order valence-corrected chi connectivity index (χ1v) is 8.85. The maximum Gasteiger partial charge on any atom is 0.246 e. The Labute approximate surface area is 147 Å². The Kier molecular flexibility index (Phi) is 4.76. The molecular formula is C20H22N2O3. The molecule has 0 N–H and O–H groups in total. The number of para-hydroxylation sites is 1. The average Bonchev–Trinajstić information content (AvgIpc) is 3.21. The van der Waals surface area contributed by atoms with Crippen molar-refractivity contribution < 1.29 is 14.3 Å². The van der Waals surface area contributed by atoms with Gasteiger partial charge in [0.15, 0.2) is 6.29 Å². The topological polar surface area (TPSA) is 51.7 Å². The molecule has 2 aliphatic heterocycles. The van der Waals surface area contributed by atoms with E-state index in [0.717, 1.165) is 42.4 Å². The van der Waals surface area contributed by atoms with Gasteiger partial charge in [0.05, 0.1) is 18.7 Å². The molecule has 0 saturated carbocycles. The summed E-state index contributed by atoms with van der Waals surface area (Å²) < 4.78 is 11.2. The fraction of sp³-hybridized carbons (Fsp3) is 0.400. The van der Waals surface area contributed by atoms with Gasteiger partial charge >= 0.3 is 0 Å². The molecule has 0 aliphatic carbocycles. The zero-order chi connectivity index (χ0) is 17.1. The zero-order valence-corrected chi connectivity index (χ0v) is 14.1. The summed E-state index contributed by atoms with van der Waals surface area (Å²) in [6.45, 7) is 2.89. The van der Waals surface area contributed by atoms with Gasteiger partial charge in [-0.05, 0) is 36.6 Å². The van der Waals surface area contributed by atoms with E-state index < -0.39 is 0 Å². The molecule has 3 heterocycles. The average molecular weight is 338 g/mol. The van der Waals surface area contributed by atoms with Crippen LogP contribution in [-0.4, -0.2) is 48.4 Å². The summed E-state index contributed by atoms with van der Waals surface area (Å²) in [6, 6.07) is 9.90. The highest BCUT2D eigenvalue weighted by atomic mass is 16.7. The summed E-state index contributed by atoms with van der Waals surface area (Å²) in [6.07, 6.45) is 7.13. The van der Waals surface area contributed by atoms with Crippen molar-refractivity contribution in [2.45, 2.75) is 19.1 Å². The van der Waals surface area contributed by atoms with Gasteiger partial charge in [-0.1, -0.05) is 18.2 Å². The molecule has 1 amide bonds. The number of fused-ring (bicyclic) bond motifs is 1. The van der Waals surface area contributed by atoms with Crippen LogP contribution in [0, 0.1) is 5.92 Å². The van der Waals surface area contributed by atoms with Crippen LogP contribution in [-0.2, 0) is 14.3 Å². The highest BCUT2D eigenvalue weighted by molar-refractivity contribution is 5.95. The van der Waals surface area contributed by atoms with Crippen molar-refractivity contribution in [1.29, 1.82) is 0 Å². The molecule has 2 aromatic rings. The largest absolute Gasteiger partial charge is 0.350 e. The van der Waals surface area contributed by atoms with E-state index in [9.17, 15) is 4.79 Å². The maximum absolute atomic E-state index is 12.5. The van der Waals surface area contributed by atoms with Crippen LogP contribution in [0.5, 0.6) is 0 Å². The molecule has 5 nitrogen and oxygen atoms in total. The lowest BCUT2D eigenvalue weighted by Gasteiger charge is -2.33. The van der Waals surface area contributed by atoms with Crippen molar-refractivity contribution in [2.75, 3.05) is 26.3 Å². The zero-order valence-electron chi connectivity index (χ0n) is 14.1. The lowest BCUT2D eigenvalue weighted by Crippen LogP contribution is -2.40. The van der Waals surface area contributed by atoms with Crippen molar-refractivity contribution in [3.8, 4) is 0 Å². The summed E-state index contributed by atoms with van der Waals surface area (Å²) in [7, 11) is 0. The van der Waals surface area contributed by atoms with E-state index in [1.807, 2.05) is 41.3 Å². The van der Waals surface area contributed by atoms with Crippen LogP contribution in [0.15, 0.2) is 42.6 Å². The summed E-state index contributed by atoms with van der Waals surface area (Å²) in [4.78, 5) is 18.8. The molecular weight excluding hydrogens is 316 g/mol. The number of ether oxygens (including phenoxy) is 2. The van der Waals surface area contributed by atoms with Crippen molar-refractivity contribution >= 4 is 22.9 Å². The quantitative estimate of drug-likeness (QED) is 0.808. The van der Waals surface area contributed by atoms with E-state index in [-0.39, 0.29) is 12.2 Å². The van der Waals surface area contributed by atoms with Crippen LogP contribution in [0.25, 0.3) is 17.0 Å². The first-order chi connectivity index (χ1) is 12.3. The normalized spacial score (nSPS) is 19.9. The van der Waals surface area contributed by atoms with Crippen LogP contribution in [0.1, 0.15) is 18.4 Å². The summed E-state index contributed by atoms with van der Waals surface area (Å²) >= 11 is 0. The van der Waals surface area contributed by atoms with Gasteiger partial charge in [-0.15, -0.1) is 0 Å². The molecule has 0 radical (unpaired) electrons. The van der Waals surface area contributed by atoms with E-state index in [0.29, 0.717) is 19.1 Å². The molecule has 1 aromatic carbocycles. The van der Waals surface area contributed by atoms with E-state index in [4.69, 9.17) is 9.47 Å². The van der Waals surface area contributed by atoms with Gasteiger partial charge in [-0.3, -0.25) is 9.78 Å². The second-order valence-electron chi connectivity index (χ2n) is 6.52. The smallest absolute Gasteiger partial charge is 0.246 e. The number of piperidine rings is 1. The van der Waals surface area contributed by atoms with Crippen LogP contribution in [0.3, 0.4) is 0 Å². The van der Waals surface area contributed by atoms with E-state index >= 15 is 0 Å². The molecule has 25 heavy (non-hydrogen) atoms. The second-order valence-corrected chi connectivity index (χ2v) is 6.52. The Morgan fingerprint density at radius 2 is 1.88 bits per heavy atom. The lowest BCUT2D eigenvalue weighted by atomic mass is 9.96. The minimum Gasteiger partial charge on any atom is -0.350 e. The number of pyridine rings is 1. The monoisotopic (exact) mass is 338 g/mol. The predicted molar refractivity (Wildman–Crippen MR) is 95.8 cm³/mol. The van der Waals surface area contributed by atoms with E-state index in [1.54, 1.807) is 12.3 Å². The number of amides is 1. The van der Waals surface area contributed by atoms with Crippen LogP contribution in [0.4, 0.5) is 0 Å². The Morgan fingerprint density at radius 3 is 2.68 bits per heavy atom. The standard InChI is InChI=1S/C20H22N2O3/c23-19(22-11-8-16(9-12-22)20-24-13-14-25-20)6-5-15-7-10-21-18-4-2-1-3-17(15)18/h1-7,10,16,20H,8-9,11-14H2/b6-5+. The third-order valence-electron chi connectivity index (χ3n) is 4.97. The minimum absolute atomic E-state index is 0.0626. The molecule has 0 bridgehead atoms. The summed E-state index contributed by atoms with van der Waals surface area (Å²) in [5.41, 5.74) is 1.95. The van der Waals surface area contributed by atoms with Crippen LogP contribution < -0.4 is 0 Å². The van der Waals surface area contributed by atoms with Crippen molar-refractivity contribution in [3.05, 3.63) is 48.2 Å². The number of rotatable bonds is 3.